The van der Waals surface area contributed by atoms with E-state index in [0.29, 0.717) is 18.5 Å². The van der Waals surface area contributed by atoms with Crippen molar-refractivity contribution in [2.45, 2.75) is 26.0 Å². The van der Waals surface area contributed by atoms with Gasteiger partial charge in [0.2, 0.25) is 0 Å². The fourth-order valence-corrected chi connectivity index (χ4v) is 3.33. The maximum atomic E-state index is 12.7. The van der Waals surface area contributed by atoms with Crippen LogP contribution in [-0.4, -0.2) is 39.6 Å². The Morgan fingerprint density at radius 2 is 1.85 bits per heavy atom. The number of H-pyrrole nitrogens is 1. The molecule has 0 saturated heterocycles. The zero-order chi connectivity index (χ0) is 18.1. The normalized spacial score (nSPS) is 14.7. The summed E-state index contributed by atoms with van der Waals surface area (Å²) in [7, 11) is 0. The molecule has 0 spiro atoms. The van der Waals surface area contributed by atoms with Gasteiger partial charge >= 0.3 is 5.97 Å². The summed E-state index contributed by atoms with van der Waals surface area (Å²) < 4.78 is 5.39. The molecular formula is C20H19N3O3. The number of aromatic nitrogens is 2. The Balaban J connectivity index is 1.45. The number of nitrogens with one attached hydrogen (secondary N) is 1. The largest absolute Gasteiger partial charge is 0.448 e. The van der Waals surface area contributed by atoms with Crippen molar-refractivity contribution < 1.29 is 14.3 Å². The first-order valence-corrected chi connectivity index (χ1v) is 8.63. The molecule has 1 amide bonds. The molecule has 1 atom stereocenters. The lowest BCUT2D eigenvalue weighted by Gasteiger charge is -2.30. The number of hydrogen-bond acceptors (Lipinski definition) is 4. The lowest BCUT2D eigenvalue weighted by atomic mass is 9.99. The lowest BCUT2D eigenvalue weighted by molar-refractivity contribution is -0.140. The van der Waals surface area contributed by atoms with E-state index in [9.17, 15) is 9.59 Å². The van der Waals surface area contributed by atoms with Crippen molar-refractivity contribution in [1.29, 1.82) is 0 Å². The summed E-state index contributed by atoms with van der Waals surface area (Å²) in [5.74, 6) is -0.784. The predicted octanol–water partition coefficient (Wildman–Crippen LogP) is 2.69. The Labute approximate surface area is 150 Å². The van der Waals surface area contributed by atoms with Gasteiger partial charge in [-0.3, -0.25) is 9.89 Å². The minimum atomic E-state index is -0.858. The number of benzene rings is 2. The third kappa shape index (κ3) is 2.94. The predicted molar refractivity (Wildman–Crippen MR) is 96.5 cm³/mol. The van der Waals surface area contributed by atoms with Crippen molar-refractivity contribution >= 4 is 22.8 Å². The van der Waals surface area contributed by atoms with Crippen molar-refractivity contribution in [3.63, 3.8) is 0 Å². The maximum Gasteiger partial charge on any atom is 0.360 e. The Morgan fingerprint density at radius 3 is 2.69 bits per heavy atom. The van der Waals surface area contributed by atoms with Gasteiger partial charge in [-0.05, 0) is 30.5 Å². The van der Waals surface area contributed by atoms with Gasteiger partial charge in [-0.1, -0.05) is 42.5 Å². The van der Waals surface area contributed by atoms with Crippen molar-refractivity contribution in [2.75, 3.05) is 6.54 Å². The molecule has 3 aromatic rings. The van der Waals surface area contributed by atoms with E-state index in [-0.39, 0.29) is 11.6 Å². The molecular weight excluding hydrogens is 330 g/mol. The summed E-state index contributed by atoms with van der Waals surface area (Å²) in [5.41, 5.74) is 3.36. The van der Waals surface area contributed by atoms with Gasteiger partial charge in [0.25, 0.3) is 5.91 Å². The lowest BCUT2D eigenvalue weighted by Crippen LogP contribution is -2.42. The van der Waals surface area contributed by atoms with Crippen LogP contribution in [0.1, 0.15) is 28.5 Å². The van der Waals surface area contributed by atoms with E-state index >= 15 is 0 Å². The molecule has 1 aromatic heterocycles. The first-order chi connectivity index (χ1) is 12.6. The molecule has 132 valence electrons. The molecule has 0 saturated carbocycles. The SMILES string of the molecule is CC(OC(=O)c1n[nH]c2ccccc12)C(=O)N1CCc2ccccc2C1. The van der Waals surface area contributed by atoms with Crippen LogP contribution in [0.2, 0.25) is 0 Å². The molecule has 4 rings (SSSR count). The van der Waals surface area contributed by atoms with Crippen LogP contribution in [0.3, 0.4) is 0 Å². The van der Waals surface area contributed by atoms with Gasteiger partial charge in [0.05, 0.1) is 5.52 Å². The fourth-order valence-electron chi connectivity index (χ4n) is 3.33. The van der Waals surface area contributed by atoms with E-state index in [0.717, 1.165) is 17.5 Å². The van der Waals surface area contributed by atoms with Gasteiger partial charge in [0, 0.05) is 18.5 Å². The van der Waals surface area contributed by atoms with E-state index in [4.69, 9.17) is 4.74 Å². The molecule has 2 heterocycles. The molecule has 26 heavy (non-hydrogen) atoms. The second kappa shape index (κ2) is 6.63. The minimum absolute atomic E-state index is 0.187. The number of nitrogens with zero attached hydrogens (tertiary/aromatic N) is 2. The van der Waals surface area contributed by atoms with E-state index in [1.807, 2.05) is 36.4 Å². The van der Waals surface area contributed by atoms with Crippen LogP contribution < -0.4 is 0 Å². The van der Waals surface area contributed by atoms with Gasteiger partial charge < -0.3 is 9.64 Å². The Morgan fingerprint density at radius 1 is 1.12 bits per heavy atom. The van der Waals surface area contributed by atoms with Crippen molar-refractivity contribution in [1.82, 2.24) is 15.1 Å². The van der Waals surface area contributed by atoms with Crippen LogP contribution in [0.25, 0.3) is 10.9 Å². The Hall–Kier alpha value is -3.15. The molecule has 0 bridgehead atoms. The quantitative estimate of drug-likeness (QED) is 0.738. The second-order valence-electron chi connectivity index (χ2n) is 6.44. The summed E-state index contributed by atoms with van der Waals surface area (Å²) >= 11 is 0. The van der Waals surface area contributed by atoms with Crippen LogP contribution in [0, 0.1) is 0 Å². The van der Waals surface area contributed by atoms with Crippen LogP contribution in [0.5, 0.6) is 0 Å². The molecule has 6 nitrogen and oxygen atoms in total. The molecule has 1 aliphatic heterocycles. The number of hydrogen-bond donors (Lipinski definition) is 1. The number of esters is 1. The average molecular weight is 349 g/mol. The number of carbonyl (C=O) groups is 2. The van der Waals surface area contributed by atoms with Gasteiger partial charge in [-0.25, -0.2) is 4.79 Å². The van der Waals surface area contributed by atoms with E-state index in [2.05, 4.69) is 16.3 Å². The maximum absolute atomic E-state index is 12.7. The van der Waals surface area contributed by atoms with E-state index < -0.39 is 12.1 Å². The summed E-state index contributed by atoms with van der Waals surface area (Å²) in [5, 5.41) is 7.51. The number of amides is 1. The smallest absolute Gasteiger partial charge is 0.360 e. The van der Waals surface area contributed by atoms with E-state index in [1.165, 1.54) is 5.56 Å². The highest BCUT2D eigenvalue weighted by Crippen LogP contribution is 2.20. The highest BCUT2D eigenvalue weighted by molar-refractivity contribution is 6.02. The number of aromatic amines is 1. The highest BCUT2D eigenvalue weighted by atomic mass is 16.5. The number of carbonyl (C=O) groups excluding carboxylic acids is 2. The summed E-state index contributed by atoms with van der Waals surface area (Å²) in [4.78, 5) is 26.9. The fraction of sp³-hybridized carbons (Fsp3) is 0.250. The summed E-state index contributed by atoms with van der Waals surface area (Å²) in [6.07, 6.45) is -0.0460. The molecule has 1 aliphatic rings. The molecule has 0 aliphatic carbocycles. The third-order valence-electron chi connectivity index (χ3n) is 4.74. The molecule has 0 fully saturated rings. The topological polar surface area (TPSA) is 75.3 Å². The standard InChI is InChI=1S/C20H19N3O3/c1-13(19(24)23-11-10-14-6-2-3-7-15(14)12-23)26-20(25)18-16-8-4-5-9-17(16)21-22-18/h2-9,13H,10-12H2,1H3,(H,21,22). The molecule has 1 unspecified atom stereocenters. The van der Waals surface area contributed by atoms with Gasteiger partial charge in [0.15, 0.2) is 11.8 Å². The Bertz CT molecular complexity index is 979. The first-order valence-electron chi connectivity index (χ1n) is 8.63. The summed E-state index contributed by atoms with van der Waals surface area (Å²) in [6.45, 7) is 2.78. The zero-order valence-electron chi connectivity index (χ0n) is 14.4. The molecule has 1 N–H and O–H groups in total. The van der Waals surface area contributed by atoms with E-state index in [1.54, 1.807) is 17.9 Å². The van der Waals surface area contributed by atoms with Gasteiger partial charge in [-0.2, -0.15) is 5.10 Å². The van der Waals surface area contributed by atoms with Crippen LogP contribution >= 0.6 is 0 Å². The monoisotopic (exact) mass is 349 g/mol. The van der Waals surface area contributed by atoms with Crippen LogP contribution in [0.4, 0.5) is 0 Å². The number of ether oxygens (including phenoxy) is 1. The molecule has 6 heteroatoms. The zero-order valence-corrected chi connectivity index (χ0v) is 14.4. The second-order valence-corrected chi connectivity index (χ2v) is 6.44. The number of para-hydroxylation sites is 1. The van der Waals surface area contributed by atoms with Crippen molar-refractivity contribution in [3.05, 3.63) is 65.4 Å². The summed E-state index contributed by atoms with van der Waals surface area (Å²) in [6, 6.07) is 15.4. The number of rotatable bonds is 3. The van der Waals surface area contributed by atoms with Gasteiger partial charge in [-0.15, -0.1) is 0 Å². The van der Waals surface area contributed by atoms with Crippen LogP contribution in [-0.2, 0) is 22.5 Å². The van der Waals surface area contributed by atoms with Gasteiger partial charge in [0.1, 0.15) is 0 Å². The number of fused-ring (bicyclic) bond motifs is 2. The van der Waals surface area contributed by atoms with Crippen molar-refractivity contribution in [3.8, 4) is 0 Å². The van der Waals surface area contributed by atoms with Crippen molar-refractivity contribution in [2.24, 2.45) is 0 Å². The molecule has 0 radical (unpaired) electrons. The minimum Gasteiger partial charge on any atom is -0.448 e. The first kappa shape index (κ1) is 16.3. The molecule has 2 aromatic carbocycles. The van der Waals surface area contributed by atoms with Crippen LogP contribution in [0.15, 0.2) is 48.5 Å². The third-order valence-corrected chi connectivity index (χ3v) is 4.74. The highest BCUT2D eigenvalue weighted by Gasteiger charge is 2.28. The average Bonchev–Trinajstić information content (AvgIpc) is 3.11. The Kier molecular flexibility index (Phi) is 4.16.